The Morgan fingerprint density at radius 3 is 1.92 bits per heavy atom. The molecule has 0 unspecified atom stereocenters. The molecule has 0 aliphatic carbocycles. The molecule has 0 aliphatic rings. The van der Waals surface area contributed by atoms with Crippen molar-refractivity contribution in [3.05, 3.63) is 34.9 Å². The smallest absolute Gasteiger partial charge is 0.382 e. The number of carbonyl (C=O) groups is 2. The fourth-order valence-corrected chi connectivity index (χ4v) is 2.23. The number of carbonyl (C=O) groups excluding carboxylic acids is 2. The van der Waals surface area contributed by atoms with E-state index in [9.17, 15) is 35.9 Å². The van der Waals surface area contributed by atoms with Gasteiger partial charge in [-0.2, -0.15) is 26.3 Å². The van der Waals surface area contributed by atoms with E-state index < -0.39 is 41.2 Å². The largest absolute Gasteiger partial charge is 0.416 e. The number of methoxy groups -OCH3 is 1. The lowest BCUT2D eigenvalue weighted by atomic mass is 9.99. The van der Waals surface area contributed by atoms with Gasteiger partial charge in [-0.3, -0.25) is 9.59 Å². The summed E-state index contributed by atoms with van der Waals surface area (Å²) < 4.78 is 81.6. The normalized spacial score (nSPS) is 13.4. The molecule has 1 rings (SSSR count). The van der Waals surface area contributed by atoms with Crippen molar-refractivity contribution in [2.45, 2.75) is 38.2 Å². The summed E-state index contributed by atoms with van der Waals surface area (Å²) in [6, 6.07) is 0.153. The zero-order chi connectivity index (χ0) is 20.1. The molecule has 0 aliphatic heterocycles. The molecule has 1 aromatic rings. The first-order chi connectivity index (χ1) is 11.8. The van der Waals surface area contributed by atoms with Gasteiger partial charge in [0.1, 0.15) is 6.04 Å². The highest BCUT2D eigenvalue weighted by atomic mass is 19.4. The molecule has 0 saturated carbocycles. The number of ketones is 1. The van der Waals surface area contributed by atoms with Gasteiger partial charge in [0.05, 0.1) is 17.7 Å². The van der Waals surface area contributed by atoms with Gasteiger partial charge in [-0.25, -0.2) is 0 Å². The number of nitrogens with one attached hydrogen (secondary N) is 1. The second-order valence-electron chi connectivity index (χ2n) is 5.59. The van der Waals surface area contributed by atoms with E-state index in [4.69, 9.17) is 4.74 Å². The Morgan fingerprint density at radius 1 is 1.04 bits per heavy atom. The van der Waals surface area contributed by atoms with Crippen LogP contribution < -0.4 is 5.32 Å². The van der Waals surface area contributed by atoms with E-state index in [1.807, 2.05) is 0 Å². The van der Waals surface area contributed by atoms with Crippen LogP contribution >= 0.6 is 0 Å². The number of aryl methyl sites for hydroxylation is 1. The molecule has 0 bridgehead atoms. The summed E-state index contributed by atoms with van der Waals surface area (Å²) in [5, 5.41) is 2.31. The maximum absolute atomic E-state index is 12.8. The monoisotopic (exact) mass is 385 g/mol. The average Bonchev–Trinajstić information content (AvgIpc) is 2.49. The van der Waals surface area contributed by atoms with Crippen LogP contribution in [0.3, 0.4) is 0 Å². The Labute approximate surface area is 145 Å². The van der Waals surface area contributed by atoms with Crippen LogP contribution in [-0.2, 0) is 33.1 Å². The quantitative estimate of drug-likeness (QED) is 0.733. The van der Waals surface area contributed by atoms with E-state index in [1.165, 1.54) is 14.0 Å². The van der Waals surface area contributed by atoms with Gasteiger partial charge in [0, 0.05) is 20.5 Å². The highest BCUT2D eigenvalue weighted by molar-refractivity contribution is 5.88. The minimum Gasteiger partial charge on any atom is -0.382 e. The van der Waals surface area contributed by atoms with Crippen LogP contribution in [0.25, 0.3) is 0 Å². The maximum Gasteiger partial charge on any atom is 0.416 e. The van der Waals surface area contributed by atoms with Gasteiger partial charge in [0.2, 0.25) is 5.91 Å². The van der Waals surface area contributed by atoms with Crippen LogP contribution in [0.4, 0.5) is 26.3 Å². The summed E-state index contributed by atoms with van der Waals surface area (Å²) in [6.45, 7) is 1.01. The Hall–Kier alpha value is -2.10. The lowest BCUT2D eigenvalue weighted by molar-refractivity contribution is -0.143. The number of hydrogen-bond acceptors (Lipinski definition) is 3. The molecular formula is C16H17F6NO3. The van der Waals surface area contributed by atoms with Crippen LogP contribution in [0.5, 0.6) is 0 Å². The number of alkyl halides is 6. The van der Waals surface area contributed by atoms with Crippen molar-refractivity contribution >= 4 is 11.7 Å². The lowest BCUT2D eigenvalue weighted by Crippen LogP contribution is -2.43. The lowest BCUT2D eigenvalue weighted by Gasteiger charge is -2.17. The Bertz CT molecular complexity index is 622. The van der Waals surface area contributed by atoms with Gasteiger partial charge in [-0.1, -0.05) is 0 Å². The summed E-state index contributed by atoms with van der Waals surface area (Å²) in [6.07, 6.45) is -10.6. The van der Waals surface area contributed by atoms with Crippen molar-refractivity contribution in [1.29, 1.82) is 0 Å². The minimum atomic E-state index is -4.95. The van der Waals surface area contributed by atoms with Gasteiger partial charge in [-0.05, 0) is 30.2 Å². The molecular weight excluding hydrogens is 368 g/mol. The molecule has 0 radical (unpaired) electrons. The molecule has 1 amide bonds. The van der Waals surface area contributed by atoms with E-state index in [1.54, 1.807) is 0 Å². The van der Waals surface area contributed by atoms with Gasteiger partial charge >= 0.3 is 12.4 Å². The van der Waals surface area contributed by atoms with Gasteiger partial charge in [0.15, 0.2) is 5.78 Å². The number of amides is 1. The fourth-order valence-electron chi connectivity index (χ4n) is 2.23. The Kier molecular flexibility index (Phi) is 7.19. The van der Waals surface area contributed by atoms with Crippen molar-refractivity contribution in [1.82, 2.24) is 5.32 Å². The molecule has 0 heterocycles. The van der Waals surface area contributed by atoms with Crippen molar-refractivity contribution in [3.63, 3.8) is 0 Å². The van der Waals surface area contributed by atoms with Crippen molar-refractivity contribution in [2.24, 2.45) is 0 Å². The van der Waals surface area contributed by atoms with Gasteiger partial charge in [0.25, 0.3) is 0 Å². The highest BCUT2D eigenvalue weighted by Crippen LogP contribution is 2.36. The molecule has 1 N–H and O–H groups in total. The zero-order valence-electron chi connectivity index (χ0n) is 13.9. The molecule has 0 spiro atoms. The number of benzene rings is 1. The third kappa shape index (κ3) is 6.66. The number of halogens is 6. The first kappa shape index (κ1) is 21.9. The van der Waals surface area contributed by atoms with Gasteiger partial charge in [-0.15, -0.1) is 0 Å². The Morgan fingerprint density at radius 2 is 1.54 bits per heavy atom. The number of Topliss-reactive ketones (excluding diaryl/α,β-unsaturated/α-hetero) is 1. The molecule has 0 saturated heterocycles. The molecule has 0 fully saturated rings. The molecule has 1 aromatic carbocycles. The fraction of sp³-hybridized carbons (Fsp3) is 0.500. The van der Waals surface area contributed by atoms with E-state index in [0.29, 0.717) is 12.1 Å². The molecule has 4 nitrogen and oxygen atoms in total. The first-order valence-electron chi connectivity index (χ1n) is 7.41. The number of hydrogen-bond donors (Lipinski definition) is 1. The van der Waals surface area contributed by atoms with Crippen molar-refractivity contribution < 1.29 is 40.7 Å². The molecule has 26 heavy (non-hydrogen) atoms. The predicted octanol–water partition coefficient (Wildman–Crippen LogP) is 3.38. The highest BCUT2D eigenvalue weighted by Gasteiger charge is 2.36. The third-order valence-corrected chi connectivity index (χ3v) is 3.41. The SMILES string of the molecule is COC[C@@H](NC(C)=O)C(=O)CCc1cc(C(F)(F)F)cc(C(F)(F)F)c1. The molecule has 10 heteroatoms. The van der Waals surface area contributed by atoms with Crippen molar-refractivity contribution in [3.8, 4) is 0 Å². The average molecular weight is 385 g/mol. The number of ether oxygens (including phenoxy) is 1. The summed E-state index contributed by atoms with van der Waals surface area (Å²) in [7, 11) is 1.28. The van der Waals surface area contributed by atoms with Crippen LogP contribution in [0.2, 0.25) is 0 Å². The summed E-state index contributed by atoms with van der Waals surface area (Å²) in [5.74, 6) is -1.08. The zero-order valence-corrected chi connectivity index (χ0v) is 13.9. The summed E-state index contributed by atoms with van der Waals surface area (Å²) in [4.78, 5) is 23.1. The van der Waals surface area contributed by atoms with E-state index >= 15 is 0 Å². The molecule has 1 atom stereocenters. The summed E-state index contributed by atoms with van der Waals surface area (Å²) >= 11 is 0. The van der Waals surface area contributed by atoms with E-state index in [2.05, 4.69) is 5.32 Å². The second kappa shape index (κ2) is 8.52. The predicted molar refractivity (Wildman–Crippen MR) is 79.3 cm³/mol. The van der Waals surface area contributed by atoms with E-state index in [-0.39, 0.29) is 31.1 Å². The molecule has 146 valence electrons. The first-order valence-corrected chi connectivity index (χ1v) is 7.41. The number of rotatable bonds is 7. The Balaban J connectivity index is 3.01. The standard InChI is InChI=1S/C16H17F6NO3/c1-9(24)23-13(8-26-2)14(25)4-3-10-5-11(15(17,18)19)7-12(6-10)16(20,21)22/h5-7,13H,3-4,8H2,1-2H3,(H,23,24)/t13-/m1/s1. The second-order valence-corrected chi connectivity index (χ2v) is 5.59. The molecule has 0 aromatic heterocycles. The van der Waals surface area contributed by atoms with Crippen LogP contribution in [0.15, 0.2) is 18.2 Å². The van der Waals surface area contributed by atoms with E-state index in [0.717, 1.165) is 0 Å². The third-order valence-electron chi connectivity index (χ3n) is 3.41. The van der Waals surface area contributed by atoms with Crippen LogP contribution in [0.1, 0.15) is 30.0 Å². The van der Waals surface area contributed by atoms with Crippen LogP contribution in [-0.4, -0.2) is 31.4 Å². The van der Waals surface area contributed by atoms with Gasteiger partial charge < -0.3 is 10.1 Å². The summed E-state index contributed by atoms with van der Waals surface area (Å²) in [5.41, 5.74) is -3.16. The van der Waals surface area contributed by atoms with Crippen molar-refractivity contribution in [2.75, 3.05) is 13.7 Å². The van der Waals surface area contributed by atoms with Crippen LogP contribution in [0, 0.1) is 0 Å². The maximum atomic E-state index is 12.8. The topological polar surface area (TPSA) is 55.4 Å². The minimum absolute atomic E-state index is 0.0242.